The normalized spacial score (nSPS) is 31.9. The van der Waals surface area contributed by atoms with E-state index in [4.69, 9.17) is 5.73 Å². The van der Waals surface area contributed by atoms with E-state index in [1.54, 1.807) is 6.92 Å². The third-order valence-electron chi connectivity index (χ3n) is 3.92. The van der Waals surface area contributed by atoms with Gasteiger partial charge in [-0.3, -0.25) is 4.79 Å². The maximum Gasteiger partial charge on any atom is 0.392 e. The van der Waals surface area contributed by atoms with Crippen LogP contribution < -0.4 is 5.73 Å². The van der Waals surface area contributed by atoms with Crippen LogP contribution in [0.25, 0.3) is 0 Å². The molecule has 1 aliphatic heterocycles. The van der Waals surface area contributed by atoms with Gasteiger partial charge in [0, 0.05) is 24.5 Å². The highest BCUT2D eigenvalue weighted by molar-refractivity contribution is 5.80. The smallest absolute Gasteiger partial charge is 0.339 e. The van der Waals surface area contributed by atoms with Gasteiger partial charge in [-0.05, 0) is 19.8 Å². The van der Waals surface area contributed by atoms with Crippen LogP contribution in [-0.4, -0.2) is 35.6 Å². The molecule has 18 heavy (non-hydrogen) atoms. The van der Waals surface area contributed by atoms with Gasteiger partial charge in [0.05, 0.1) is 5.92 Å². The second-order valence-corrected chi connectivity index (χ2v) is 5.89. The van der Waals surface area contributed by atoms with E-state index in [1.165, 1.54) is 4.90 Å². The summed E-state index contributed by atoms with van der Waals surface area (Å²) in [7, 11) is 0. The molecule has 1 amide bonds. The Balaban J connectivity index is 2.03. The fourth-order valence-electron chi connectivity index (χ4n) is 3.03. The van der Waals surface area contributed by atoms with Crippen LogP contribution in [0.4, 0.5) is 13.2 Å². The van der Waals surface area contributed by atoms with Gasteiger partial charge in [0.25, 0.3) is 0 Å². The molecule has 0 bridgehead atoms. The lowest BCUT2D eigenvalue weighted by Crippen LogP contribution is -2.68. The second kappa shape index (κ2) is 4.40. The van der Waals surface area contributed by atoms with Gasteiger partial charge in [0.15, 0.2) is 0 Å². The van der Waals surface area contributed by atoms with E-state index in [1.807, 2.05) is 0 Å². The van der Waals surface area contributed by atoms with Gasteiger partial charge in [0.1, 0.15) is 0 Å². The van der Waals surface area contributed by atoms with E-state index in [2.05, 4.69) is 0 Å². The first-order chi connectivity index (χ1) is 8.21. The van der Waals surface area contributed by atoms with Gasteiger partial charge >= 0.3 is 6.18 Å². The summed E-state index contributed by atoms with van der Waals surface area (Å²) in [5.41, 5.74) is 5.35. The van der Waals surface area contributed by atoms with Crippen LogP contribution >= 0.6 is 0 Å². The lowest BCUT2D eigenvalue weighted by atomic mass is 9.77. The third-order valence-corrected chi connectivity index (χ3v) is 3.92. The third kappa shape index (κ3) is 2.63. The van der Waals surface area contributed by atoms with Crippen molar-refractivity contribution in [1.82, 2.24) is 4.90 Å². The molecule has 0 aromatic carbocycles. The Kier molecular flexibility index (Phi) is 3.34. The van der Waals surface area contributed by atoms with Gasteiger partial charge in [-0.25, -0.2) is 0 Å². The Morgan fingerprint density at radius 2 is 1.83 bits per heavy atom. The number of likely N-dealkylation sites (tertiary alicyclic amines) is 1. The highest BCUT2D eigenvalue weighted by Gasteiger charge is 2.50. The van der Waals surface area contributed by atoms with E-state index in [-0.39, 0.29) is 12.3 Å². The number of alkyl halides is 3. The minimum absolute atomic E-state index is 0.0770. The fourth-order valence-corrected chi connectivity index (χ4v) is 3.03. The van der Waals surface area contributed by atoms with E-state index in [0.717, 1.165) is 0 Å². The Bertz CT molecular complexity index is 333. The molecule has 104 valence electrons. The van der Waals surface area contributed by atoms with Crippen LogP contribution in [0.15, 0.2) is 0 Å². The quantitative estimate of drug-likeness (QED) is 0.786. The first-order valence-electron chi connectivity index (χ1n) is 6.35. The lowest BCUT2D eigenvalue weighted by Gasteiger charge is -2.48. The first kappa shape index (κ1) is 13.6. The molecular formula is C12H19F3N2O. The molecule has 0 aromatic rings. The zero-order valence-electron chi connectivity index (χ0n) is 10.5. The molecular weight excluding hydrogens is 245 g/mol. The molecule has 2 fully saturated rings. The van der Waals surface area contributed by atoms with Gasteiger partial charge in [-0.15, -0.1) is 0 Å². The number of carbonyl (C=O) groups is 1. The van der Waals surface area contributed by atoms with E-state index in [9.17, 15) is 18.0 Å². The largest absolute Gasteiger partial charge is 0.392 e. The van der Waals surface area contributed by atoms with Crippen LogP contribution in [0, 0.1) is 11.8 Å². The molecule has 2 N–H and O–H groups in total. The molecule has 2 unspecified atom stereocenters. The second-order valence-electron chi connectivity index (χ2n) is 5.89. The van der Waals surface area contributed by atoms with Gasteiger partial charge in [-0.1, -0.05) is 12.8 Å². The molecule has 2 rings (SSSR count). The number of rotatable bonds is 1. The van der Waals surface area contributed by atoms with Crippen molar-refractivity contribution in [3.05, 3.63) is 0 Å². The van der Waals surface area contributed by atoms with Gasteiger partial charge in [0.2, 0.25) is 5.91 Å². The average Bonchev–Trinajstić information content (AvgIpc) is 2.23. The molecule has 2 aliphatic rings. The van der Waals surface area contributed by atoms with Crippen LogP contribution in [-0.2, 0) is 4.79 Å². The van der Waals surface area contributed by atoms with E-state index >= 15 is 0 Å². The zero-order chi connectivity index (χ0) is 13.6. The number of halogens is 3. The Morgan fingerprint density at radius 1 is 1.28 bits per heavy atom. The van der Waals surface area contributed by atoms with Crippen molar-refractivity contribution in [2.45, 2.75) is 44.3 Å². The number of carbonyl (C=O) groups excluding carboxylic acids is 1. The summed E-state index contributed by atoms with van der Waals surface area (Å²) in [4.78, 5) is 13.6. The number of hydrogen-bond acceptors (Lipinski definition) is 2. The molecule has 6 heteroatoms. The molecule has 0 radical (unpaired) electrons. The van der Waals surface area contributed by atoms with Crippen molar-refractivity contribution in [3.63, 3.8) is 0 Å². The molecule has 1 aliphatic carbocycles. The monoisotopic (exact) mass is 264 g/mol. The molecule has 2 atom stereocenters. The van der Waals surface area contributed by atoms with Crippen molar-refractivity contribution in [1.29, 1.82) is 0 Å². The first-order valence-corrected chi connectivity index (χ1v) is 6.35. The van der Waals surface area contributed by atoms with Crippen LogP contribution in [0.3, 0.4) is 0 Å². The lowest BCUT2D eigenvalue weighted by molar-refractivity contribution is -0.202. The Morgan fingerprint density at radius 3 is 2.33 bits per heavy atom. The molecule has 1 saturated heterocycles. The van der Waals surface area contributed by atoms with Crippen LogP contribution in [0.2, 0.25) is 0 Å². The summed E-state index contributed by atoms with van der Waals surface area (Å²) in [5, 5.41) is 0. The number of nitrogens with zero attached hydrogens (tertiary/aromatic N) is 1. The highest BCUT2D eigenvalue weighted by atomic mass is 19.4. The SMILES string of the molecule is CC1(N)CN(C(=O)C2CCCCC2C(F)(F)F)C1. The highest BCUT2D eigenvalue weighted by Crippen LogP contribution is 2.42. The minimum Gasteiger partial charge on any atom is -0.339 e. The van der Waals surface area contributed by atoms with Crippen molar-refractivity contribution >= 4 is 5.91 Å². The Labute approximate surface area is 104 Å². The standard InChI is InChI=1S/C12H19F3N2O/c1-11(16)6-17(7-11)10(18)8-4-2-3-5-9(8)12(13,14)15/h8-9H,2-7,16H2,1H3. The van der Waals surface area contributed by atoms with E-state index < -0.39 is 23.6 Å². The number of nitrogens with two attached hydrogens (primary N) is 1. The van der Waals surface area contributed by atoms with Crippen molar-refractivity contribution < 1.29 is 18.0 Å². The summed E-state index contributed by atoms with van der Waals surface area (Å²) in [5.74, 6) is -2.72. The van der Waals surface area contributed by atoms with Crippen LogP contribution in [0.5, 0.6) is 0 Å². The molecule has 0 aromatic heterocycles. The summed E-state index contributed by atoms with van der Waals surface area (Å²) in [6.45, 7) is 2.54. The Hall–Kier alpha value is -0.780. The minimum atomic E-state index is -4.27. The predicted octanol–water partition coefficient (Wildman–Crippen LogP) is 1.91. The predicted molar refractivity (Wildman–Crippen MR) is 60.7 cm³/mol. The number of amides is 1. The van der Waals surface area contributed by atoms with E-state index in [0.29, 0.717) is 32.4 Å². The fraction of sp³-hybridized carbons (Fsp3) is 0.917. The van der Waals surface area contributed by atoms with Crippen LogP contribution in [0.1, 0.15) is 32.6 Å². The molecule has 1 heterocycles. The molecule has 3 nitrogen and oxygen atoms in total. The average molecular weight is 264 g/mol. The summed E-state index contributed by atoms with van der Waals surface area (Å²) >= 11 is 0. The van der Waals surface area contributed by atoms with Gasteiger partial charge < -0.3 is 10.6 Å². The number of hydrogen-bond donors (Lipinski definition) is 1. The topological polar surface area (TPSA) is 46.3 Å². The molecule has 0 spiro atoms. The maximum atomic E-state index is 12.9. The van der Waals surface area contributed by atoms with Crippen molar-refractivity contribution in [3.8, 4) is 0 Å². The van der Waals surface area contributed by atoms with Gasteiger partial charge in [-0.2, -0.15) is 13.2 Å². The molecule has 1 saturated carbocycles. The maximum absolute atomic E-state index is 12.9. The summed E-state index contributed by atoms with van der Waals surface area (Å²) in [6, 6.07) is 0. The van der Waals surface area contributed by atoms with Crippen molar-refractivity contribution in [2.75, 3.05) is 13.1 Å². The zero-order valence-corrected chi connectivity index (χ0v) is 10.5. The van der Waals surface area contributed by atoms with Crippen molar-refractivity contribution in [2.24, 2.45) is 17.6 Å². The summed E-state index contributed by atoms with van der Waals surface area (Å²) in [6.07, 6.45) is -2.58. The summed E-state index contributed by atoms with van der Waals surface area (Å²) < 4.78 is 38.7.